The summed E-state index contributed by atoms with van der Waals surface area (Å²) in [5.41, 5.74) is 4.83. The zero-order chi connectivity index (χ0) is 14.9. The standard InChI is InChI=1S/C18H20N2O/c1-8-5-12-6-15-14(18(21)20-11(4)19-15)7-13(12)17-10(3)9(2)16(8)17/h5-7,9-10,16-17H,1-4H3,(H,19,20,21)/t9-,10+,16-,17-/m1/s1. The van der Waals surface area contributed by atoms with Crippen LogP contribution in [0.2, 0.25) is 0 Å². The molecule has 1 aromatic heterocycles. The normalized spacial score (nSPS) is 30.4. The van der Waals surface area contributed by atoms with Gasteiger partial charge in [0, 0.05) is 0 Å². The lowest BCUT2D eigenvalue weighted by atomic mass is 9.51. The van der Waals surface area contributed by atoms with Crippen LogP contribution in [0.5, 0.6) is 0 Å². The molecule has 0 amide bonds. The highest BCUT2D eigenvalue weighted by Crippen LogP contribution is 2.58. The minimum Gasteiger partial charge on any atom is -0.310 e. The molecule has 4 rings (SSSR count). The van der Waals surface area contributed by atoms with E-state index in [1.807, 2.05) is 6.92 Å². The average Bonchev–Trinajstić information content (AvgIpc) is 2.43. The van der Waals surface area contributed by atoms with Crippen LogP contribution in [0.4, 0.5) is 0 Å². The lowest BCUT2D eigenvalue weighted by molar-refractivity contribution is 0.0879. The molecule has 2 aromatic rings. The second-order valence-electron chi connectivity index (χ2n) is 6.81. The van der Waals surface area contributed by atoms with Crippen molar-refractivity contribution in [3.63, 3.8) is 0 Å². The SMILES string of the molecule is CC1=Cc2cc3nc(C)[nH]c(=O)c3cc2[C@H]2[C@@H](C)[C@@H](C)[C@@H]12. The van der Waals surface area contributed by atoms with Gasteiger partial charge in [-0.05, 0) is 60.8 Å². The molecular formula is C18H20N2O. The fourth-order valence-electron chi connectivity index (χ4n) is 4.43. The van der Waals surface area contributed by atoms with Crippen LogP contribution < -0.4 is 5.56 Å². The minimum atomic E-state index is -0.0249. The number of rotatable bonds is 0. The molecule has 0 radical (unpaired) electrons. The predicted molar refractivity (Wildman–Crippen MR) is 85.3 cm³/mol. The Morgan fingerprint density at radius 3 is 2.57 bits per heavy atom. The van der Waals surface area contributed by atoms with E-state index in [2.05, 4.69) is 48.9 Å². The highest BCUT2D eigenvalue weighted by Gasteiger charge is 2.48. The number of H-pyrrole nitrogens is 1. The van der Waals surface area contributed by atoms with E-state index >= 15 is 0 Å². The first-order chi connectivity index (χ1) is 9.97. The number of nitrogens with zero attached hydrogens (tertiary/aromatic N) is 1. The number of hydrogen-bond donors (Lipinski definition) is 1. The van der Waals surface area contributed by atoms with Gasteiger partial charge < -0.3 is 4.98 Å². The zero-order valence-electron chi connectivity index (χ0n) is 12.9. The smallest absolute Gasteiger partial charge is 0.258 e. The van der Waals surface area contributed by atoms with Gasteiger partial charge in [-0.2, -0.15) is 0 Å². The molecule has 0 spiro atoms. The van der Waals surface area contributed by atoms with Gasteiger partial charge in [0.1, 0.15) is 5.82 Å². The highest BCUT2D eigenvalue weighted by atomic mass is 16.1. The van der Waals surface area contributed by atoms with Crippen molar-refractivity contribution in [1.29, 1.82) is 0 Å². The summed E-state index contributed by atoms with van der Waals surface area (Å²) in [4.78, 5) is 19.5. The van der Waals surface area contributed by atoms with Gasteiger partial charge >= 0.3 is 0 Å². The summed E-state index contributed by atoms with van der Waals surface area (Å²) < 4.78 is 0. The molecule has 4 atom stereocenters. The molecule has 1 aromatic carbocycles. The predicted octanol–water partition coefficient (Wildman–Crippen LogP) is 3.63. The van der Waals surface area contributed by atoms with E-state index < -0.39 is 0 Å². The summed E-state index contributed by atoms with van der Waals surface area (Å²) in [5, 5.41) is 0.720. The lowest BCUT2D eigenvalue weighted by Crippen LogP contribution is -2.44. The van der Waals surface area contributed by atoms with E-state index in [1.165, 1.54) is 16.7 Å². The van der Waals surface area contributed by atoms with Gasteiger partial charge in [-0.25, -0.2) is 4.98 Å². The fraction of sp³-hybridized carbons (Fsp3) is 0.444. The number of allylic oxidation sites excluding steroid dienone is 1. The van der Waals surface area contributed by atoms with Crippen molar-refractivity contribution in [1.82, 2.24) is 9.97 Å². The molecule has 21 heavy (non-hydrogen) atoms. The van der Waals surface area contributed by atoms with E-state index in [1.54, 1.807) is 0 Å². The van der Waals surface area contributed by atoms with E-state index in [9.17, 15) is 4.79 Å². The summed E-state index contributed by atoms with van der Waals surface area (Å²) in [6.45, 7) is 8.74. The van der Waals surface area contributed by atoms with Gasteiger partial charge in [-0.15, -0.1) is 0 Å². The van der Waals surface area contributed by atoms with Gasteiger partial charge in [-0.1, -0.05) is 25.5 Å². The lowest BCUT2D eigenvalue weighted by Gasteiger charge is -2.53. The summed E-state index contributed by atoms with van der Waals surface area (Å²) in [5.74, 6) is 3.27. The number of aromatic nitrogens is 2. The number of nitrogens with one attached hydrogen (secondary N) is 1. The summed E-state index contributed by atoms with van der Waals surface area (Å²) in [7, 11) is 0. The monoisotopic (exact) mass is 280 g/mol. The zero-order valence-corrected chi connectivity index (χ0v) is 12.9. The molecule has 0 unspecified atom stereocenters. The molecule has 3 nitrogen and oxygen atoms in total. The molecule has 0 saturated heterocycles. The second-order valence-corrected chi connectivity index (χ2v) is 6.81. The van der Waals surface area contributed by atoms with Gasteiger partial charge in [0.25, 0.3) is 5.56 Å². The molecule has 3 heteroatoms. The van der Waals surface area contributed by atoms with E-state index in [0.29, 0.717) is 23.6 Å². The van der Waals surface area contributed by atoms with E-state index in [0.717, 1.165) is 16.8 Å². The largest absolute Gasteiger partial charge is 0.310 e. The van der Waals surface area contributed by atoms with Crippen molar-refractivity contribution < 1.29 is 0 Å². The van der Waals surface area contributed by atoms with Crippen molar-refractivity contribution in [3.05, 3.63) is 45.0 Å². The third kappa shape index (κ3) is 1.60. The first-order valence-corrected chi connectivity index (χ1v) is 7.70. The maximum absolute atomic E-state index is 12.2. The minimum absolute atomic E-state index is 0.0249. The van der Waals surface area contributed by atoms with E-state index in [-0.39, 0.29) is 5.56 Å². The highest BCUT2D eigenvalue weighted by molar-refractivity contribution is 5.83. The third-order valence-corrected chi connectivity index (χ3v) is 5.65. The molecule has 2 aliphatic carbocycles. The molecule has 1 N–H and O–H groups in total. The molecule has 0 bridgehead atoms. The molecule has 108 valence electrons. The van der Waals surface area contributed by atoms with Crippen molar-refractivity contribution in [2.45, 2.75) is 33.6 Å². The van der Waals surface area contributed by atoms with Crippen LogP contribution in [0.25, 0.3) is 17.0 Å². The summed E-state index contributed by atoms with van der Waals surface area (Å²) in [6, 6.07) is 4.17. The molecule has 1 saturated carbocycles. The second kappa shape index (κ2) is 4.06. The van der Waals surface area contributed by atoms with Gasteiger partial charge in [0.15, 0.2) is 0 Å². The van der Waals surface area contributed by atoms with Crippen LogP contribution in [0.1, 0.15) is 43.6 Å². The Morgan fingerprint density at radius 2 is 1.81 bits per heavy atom. The molecule has 2 aliphatic rings. The summed E-state index contributed by atoms with van der Waals surface area (Å²) >= 11 is 0. The van der Waals surface area contributed by atoms with Crippen LogP contribution in [0, 0.1) is 24.7 Å². The number of aromatic amines is 1. The Bertz CT molecular complexity index is 846. The van der Waals surface area contributed by atoms with Crippen LogP contribution in [-0.4, -0.2) is 9.97 Å². The van der Waals surface area contributed by atoms with Crippen molar-refractivity contribution in [2.24, 2.45) is 17.8 Å². The number of hydrogen-bond acceptors (Lipinski definition) is 2. The molecule has 1 fully saturated rings. The number of aryl methyl sites for hydroxylation is 1. The first-order valence-electron chi connectivity index (χ1n) is 7.70. The van der Waals surface area contributed by atoms with Gasteiger partial charge in [0.05, 0.1) is 10.9 Å². The van der Waals surface area contributed by atoms with E-state index in [4.69, 9.17) is 0 Å². The van der Waals surface area contributed by atoms with Crippen LogP contribution in [0.15, 0.2) is 22.5 Å². The summed E-state index contributed by atoms with van der Waals surface area (Å²) in [6.07, 6.45) is 2.29. The molecular weight excluding hydrogens is 260 g/mol. The Morgan fingerprint density at radius 1 is 1.10 bits per heavy atom. The number of fused-ring (bicyclic) bond motifs is 4. The molecule has 1 heterocycles. The molecule has 0 aliphatic heterocycles. The Kier molecular flexibility index (Phi) is 2.48. The van der Waals surface area contributed by atoms with Crippen LogP contribution >= 0.6 is 0 Å². The van der Waals surface area contributed by atoms with Crippen molar-refractivity contribution in [3.8, 4) is 0 Å². The Labute approximate surface area is 124 Å². The number of benzene rings is 1. The average molecular weight is 280 g/mol. The quantitative estimate of drug-likeness (QED) is 0.801. The topological polar surface area (TPSA) is 45.8 Å². The Hall–Kier alpha value is -1.90. The van der Waals surface area contributed by atoms with Crippen molar-refractivity contribution >= 4 is 17.0 Å². The Balaban J connectivity index is 2.01. The maximum atomic E-state index is 12.2. The van der Waals surface area contributed by atoms with Crippen LogP contribution in [-0.2, 0) is 0 Å². The van der Waals surface area contributed by atoms with Crippen LogP contribution in [0.3, 0.4) is 0 Å². The van der Waals surface area contributed by atoms with Crippen molar-refractivity contribution in [2.75, 3.05) is 0 Å². The maximum Gasteiger partial charge on any atom is 0.258 e. The van der Waals surface area contributed by atoms with Gasteiger partial charge in [-0.3, -0.25) is 4.79 Å². The fourth-order valence-corrected chi connectivity index (χ4v) is 4.43. The third-order valence-electron chi connectivity index (χ3n) is 5.65. The first kappa shape index (κ1) is 12.8. The van der Waals surface area contributed by atoms with Gasteiger partial charge in [0.2, 0.25) is 0 Å².